The van der Waals surface area contributed by atoms with Crippen LogP contribution in [0.4, 0.5) is 5.69 Å². The number of carbonyl (C=O) groups is 1. The van der Waals surface area contributed by atoms with E-state index in [1.54, 1.807) is 15.9 Å². The number of benzene rings is 1. The molecule has 1 aliphatic heterocycles. The van der Waals surface area contributed by atoms with E-state index < -0.39 is 6.04 Å². The van der Waals surface area contributed by atoms with Gasteiger partial charge in [-0.1, -0.05) is 17.7 Å². The van der Waals surface area contributed by atoms with E-state index in [9.17, 15) is 9.59 Å². The highest BCUT2D eigenvalue weighted by atomic mass is 32.1. The standard InChI is InChI=1S/C25H30N4O2S/c1-16-9-11-18(12-10-16)26-23(30)17(2)29-21(15-28-13-5-6-14-28)27-24-22(25(29)31)19-7-3-4-8-20(19)32-24/h9-12,17H,3-8,13-15H2,1-2H3,(H,26,30). The molecule has 1 unspecified atom stereocenters. The Morgan fingerprint density at radius 1 is 1.12 bits per heavy atom. The number of anilines is 1. The van der Waals surface area contributed by atoms with Crippen LogP contribution in [0.2, 0.25) is 0 Å². The molecule has 5 rings (SSSR count). The number of hydrogen-bond donors (Lipinski definition) is 1. The first-order chi connectivity index (χ1) is 15.5. The number of likely N-dealkylation sites (tertiary alicyclic amines) is 1. The van der Waals surface area contributed by atoms with Gasteiger partial charge in [-0.15, -0.1) is 11.3 Å². The molecule has 1 saturated heterocycles. The summed E-state index contributed by atoms with van der Waals surface area (Å²) >= 11 is 1.68. The van der Waals surface area contributed by atoms with Crippen LogP contribution < -0.4 is 10.9 Å². The van der Waals surface area contributed by atoms with Crippen LogP contribution in [0, 0.1) is 6.92 Å². The molecule has 0 saturated carbocycles. The lowest BCUT2D eigenvalue weighted by atomic mass is 9.97. The molecule has 1 aliphatic carbocycles. The number of hydrogen-bond acceptors (Lipinski definition) is 5. The minimum atomic E-state index is -0.641. The molecule has 2 aromatic heterocycles. The Balaban J connectivity index is 1.56. The van der Waals surface area contributed by atoms with E-state index in [1.165, 1.54) is 29.7 Å². The average molecular weight is 451 g/mol. The normalized spacial score (nSPS) is 17.4. The molecular weight excluding hydrogens is 420 g/mol. The quantitative estimate of drug-likeness (QED) is 0.624. The summed E-state index contributed by atoms with van der Waals surface area (Å²) in [7, 11) is 0. The number of fused-ring (bicyclic) bond motifs is 3. The minimum absolute atomic E-state index is 0.0600. The summed E-state index contributed by atoms with van der Waals surface area (Å²) in [6, 6.07) is 7.08. The van der Waals surface area contributed by atoms with Gasteiger partial charge in [0, 0.05) is 10.6 Å². The van der Waals surface area contributed by atoms with Crippen molar-refractivity contribution in [2.75, 3.05) is 18.4 Å². The fraction of sp³-hybridized carbons (Fsp3) is 0.480. The van der Waals surface area contributed by atoms with Crippen molar-refractivity contribution in [3.05, 3.63) is 56.4 Å². The van der Waals surface area contributed by atoms with E-state index in [0.717, 1.165) is 53.8 Å². The van der Waals surface area contributed by atoms with Crippen molar-refractivity contribution < 1.29 is 4.79 Å². The molecule has 2 aliphatic rings. The fourth-order valence-corrected chi connectivity index (χ4v) is 6.18. The van der Waals surface area contributed by atoms with Gasteiger partial charge in [-0.25, -0.2) is 4.98 Å². The average Bonchev–Trinajstić information content (AvgIpc) is 3.42. The van der Waals surface area contributed by atoms with Gasteiger partial charge in [0.2, 0.25) is 5.91 Å². The monoisotopic (exact) mass is 450 g/mol. The third-order valence-corrected chi connectivity index (χ3v) is 7.93. The Labute approximate surface area is 192 Å². The first-order valence-corrected chi connectivity index (χ1v) is 12.5. The van der Waals surface area contributed by atoms with E-state index in [1.807, 2.05) is 38.1 Å². The summed E-state index contributed by atoms with van der Waals surface area (Å²) < 4.78 is 1.66. The van der Waals surface area contributed by atoms with E-state index in [4.69, 9.17) is 4.98 Å². The molecule has 0 radical (unpaired) electrons. The van der Waals surface area contributed by atoms with Gasteiger partial charge in [0.25, 0.3) is 5.56 Å². The van der Waals surface area contributed by atoms with Gasteiger partial charge >= 0.3 is 0 Å². The maximum Gasteiger partial charge on any atom is 0.263 e. The molecule has 0 spiro atoms. The number of aryl methyl sites for hydroxylation is 3. The van der Waals surface area contributed by atoms with Crippen LogP contribution in [0.1, 0.15) is 60.5 Å². The van der Waals surface area contributed by atoms with Gasteiger partial charge < -0.3 is 5.32 Å². The lowest BCUT2D eigenvalue weighted by Crippen LogP contribution is -2.36. The van der Waals surface area contributed by atoms with Gasteiger partial charge in [-0.2, -0.15) is 0 Å². The number of thiophene rings is 1. The van der Waals surface area contributed by atoms with Crippen molar-refractivity contribution in [2.45, 2.75) is 65.0 Å². The van der Waals surface area contributed by atoms with Crippen molar-refractivity contribution in [2.24, 2.45) is 0 Å². The number of rotatable bonds is 5. The number of amides is 1. The molecule has 3 heterocycles. The molecule has 1 fully saturated rings. The highest BCUT2D eigenvalue weighted by Gasteiger charge is 2.27. The van der Waals surface area contributed by atoms with E-state index >= 15 is 0 Å². The molecule has 7 heteroatoms. The van der Waals surface area contributed by atoms with E-state index in [2.05, 4.69) is 10.2 Å². The second-order valence-corrected chi connectivity index (χ2v) is 10.2. The highest BCUT2D eigenvalue weighted by Crippen LogP contribution is 2.34. The van der Waals surface area contributed by atoms with Crippen LogP contribution in [0.5, 0.6) is 0 Å². The molecule has 3 aromatic rings. The molecule has 1 N–H and O–H groups in total. The number of aromatic nitrogens is 2. The SMILES string of the molecule is Cc1ccc(NC(=O)C(C)n2c(CN3CCCC3)nc3sc4c(c3c2=O)CCCC4)cc1. The van der Waals surface area contributed by atoms with E-state index in [0.29, 0.717) is 12.4 Å². The zero-order valence-corrected chi connectivity index (χ0v) is 19.6. The zero-order valence-electron chi connectivity index (χ0n) is 18.8. The Kier molecular flexibility index (Phi) is 5.86. The smallest absolute Gasteiger partial charge is 0.263 e. The second-order valence-electron chi connectivity index (χ2n) is 9.11. The lowest BCUT2D eigenvalue weighted by Gasteiger charge is -2.22. The maximum atomic E-state index is 13.8. The second kappa shape index (κ2) is 8.79. The Bertz CT molecular complexity index is 1210. The maximum absolute atomic E-state index is 13.8. The molecule has 1 atom stereocenters. The third kappa shape index (κ3) is 3.99. The highest BCUT2D eigenvalue weighted by molar-refractivity contribution is 7.18. The third-order valence-electron chi connectivity index (χ3n) is 6.74. The molecule has 168 valence electrons. The van der Waals surface area contributed by atoms with Crippen molar-refractivity contribution in [1.82, 2.24) is 14.5 Å². The van der Waals surface area contributed by atoms with Crippen molar-refractivity contribution in [1.29, 1.82) is 0 Å². The number of nitrogens with zero attached hydrogens (tertiary/aromatic N) is 3. The topological polar surface area (TPSA) is 67.2 Å². The molecule has 6 nitrogen and oxygen atoms in total. The van der Waals surface area contributed by atoms with Crippen LogP contribution >= 0.6 is 11.3 Å². The van der Waals surface area contributed by atoms with Gasteiger partial charge in [0.15, 0.2) is 0 Å². The van der Waals surface area contributed by atoms with Crippen LogP contribution in [-0.2, 0) is 24.2 Å². The number of nitrogens with one attached hydrogen (secondary N) is 1. The summed E-state index contributed by atoms with van der Waals surface area (Å²) in [6.07, 6.45) is 6.58. The summed E-state index contributed by atoms with van der Waals surface area (Å²) in [5, 5.41) is 3.72. The molecule has 0 bridgehead atoms. The van der Waals surface area contributed by atoms with Crippen LogP contribution in [0.3, 0.4) is 0 Å². The fourth-order valence-electron chi connectivity index (χ4n) is 4.91. The van der Waals surface area contributed by atoms with Gasteiger partial charge in [-0.3, -0.25) is 19.1 Å². The van der Waals surface area contributed by atoms with Crippen LogP contribution in [0.15, 0.2) is 29.1 Å². The van der Waals surface area contributed by atoms with Crippen LogP contribution in [0.25, 0.3) is 10.2 Å². The molecule has 32 heavy (non-hydrogen) atoms. The molecule has 1 amide bonds. The van der Waals surface area contributed by atoms with E-state index in [-0.39, 0.29) is 11.5 Å². The first kappa shape index (κ1) is 21.3. The molecule has 1 aromatic carbocycles. The zero-order chi connectivity index (χ0) is 22.2. The largest absolute Gasteiger partial charge is 0.324 e. The Hall–Kier alpha value is -2.51. The van der Waals surface area contributed by atoms with Crippen LogP contribution in [-0.4, -0.2) is 33.4 Å². The summed E-state index contributed by atoms with van der Waals surface area (Å²) in [5.74, 6) is 0.512. The summed E-state index contributed by atoms with van der Waals surface area (Å²) in [5.41, 5.74) is 2.98. The van der Waals surface area contributed by atoms with Gasteiger partial charge in [0.05, 0.1) is 11.9 Å². The number of carbonyl (C=O) groups excluding carboxylic acids is 1. The summed E-state index contributed by atoms with van der Waals surface area (Å²) in [4.78, 5) is 36.5. The minimum Gasteiger partial charge on any atom is -0.324 e. The molecular formula is C25H30N4O2S. The Morgan fingerprint density at radius 3 is 2.59 bits per heavy atom. The predicted octanol–water partition coefficient (Wildman–Crippen LogP) is 4.44. The van der Waals surface area contributed by atoms with Crippen molar-refractivity contribution in [3.8, 4) is 0 Å². The lowest BCUT2D eigenvalue weighted by molar-refractivity contribution is -0.119. The van der Waals surface area contributed by atoms with Gasteiger partial charge in [-0.05, 0) is 83.2 Å². The van der Waals surface area contributed by atoms with Crippen molar-refractivity contribution in [3.63, 3.8) is 0 Å². The first-order valence-electron chi connectivity index (χ1n) is 11.7. The van der Waals surface area contributed by atoms with Gasteiger partial charge in [0.1, 0.15) is 16.7 Å². The predicted molar refractivity (Wildman–Crippen MR) is 130 cm³/mol. The van der Waals surface area contributed by atoms with Crippen molar-refractivity contribution >= 4 is 33.1 Å². The Morgan fingerprint density at radius 2 is 1.84 bits per heavy atom. The summed E-state index contributed by atoms with van der Waals surface area (Å²) in [6.45, 7) is 6.46.